The van der Waals surface area contributed by atoms with Crippen molar-refractivity contribution >= 4 is 27.9 Å². The Morgan fingerprint density at radius 3 is 2.52 bits per heavy atom. The van der Waals surface area contributed by atoms with Gasteiger partial charge in [0.15, 0.2) is 0 Å². The van der Waals surface area contributed by atoms with E-state index < -0.39 is 4.92 Å². The van der Waals surface area contributed by atoms with Gasteiger partial charge in [-0.05, 0) is 48.9 Å². The van der Waals surface area contributed by atoms with Gasteiger partial charge in [-0.25, -0.2) is 4.98 Å². The maximum Gasteiger partial charge on any atom is 0.269 e. The number of phenolic OH excluding ortho intramolecular Hbond substituents is 1. The Balaban J connectivity index is 1.72. The number of phenols is 1. The van der Waals surface area contributed by atoms with E-state index in [0.29, 0.717) is 5.13 Å². The first-order valence-corrected chi connectivity index (χ1v) is 8.21. The van der Waals surface area contributed by atoms with Crippen molar-refractivity contribution in [1.29, 1.82) is 0 Å². The van der Waals surface area contributed by atoms with E-state index in [-0.39, 0.29) is 11.4 Å². The molecular weight excluding hydrogens is 340 g/mol. The lowest BCUT2D eigenvalue weighted by molar-refractivity contribution is -0.384. The highest BCUT2D eigenvalue weighted by Crippen LogP contribution is 2.26. The van der Waals surface area contributed by atoms with E-state index in [9.17, 15) is 15.2 Å². The standard InChI is InChI=1S/C17H14N4O3S/c1-11(12-4-8-15(22)9-5-12)19-20-17-18-16(10-25-17)13-2-6-14(7-3-13)21(23)24/h2-10,22H,1H3,(H,18,20). The molecule has 0 fully saturated rings. The van der Waals surface area contributed by atoms with Crippen LogP contribution in [0.4, 0.5) is 10.8 Å². The van der Waals surface area contributed by atoms with Crippen molar-refractivity contribution in [2.45, 2.75) is 6.92 Å². The van der Waals surface area contributed by atoms with Crippen LogP contribution in [0.1, 0.15) is 12.5 Å². The highest BCUT2D eigenvalue weighted by Gasteiger charge is 2.08. The summed E-state index contributed by atoms with van der Waals surface area (Å²) in [6.07, 6.45) is 0. The van der Waals surface area contributed by atoms with Gasteiger partial charge in [-0.15, -0.1) is 11.3 Å². The molecule has 126 valence electrons. The first kappa shape index (κ1) is 16.6. The van der Waals surface area contributed by atoms with Gasteiger partial charge in [-0.1, -0.05) is 0 Å². The van der Waals surface area contributed by atoms with Crippen LogP contribution < -0.4 is 5.43 Å². The summed E-state index contributed by atoms with van der Waals surface area (Å²) >= 11 is 1.39. The van der Waals surface area contributed by atoms with Gasteiger partial charge in [0.2, 0.25) is 5.13 Å². The normalized spacial score (nSPS) is 11.3. The van der Waals surface area contributed by atoms with Crippen LogP contribution in [-0.4, -0.2) is 20.7 Å². The summed E-state index contributed by atoms with van der Waals surface area (Å²) in [6.45, 7) is 1.85. The second kappa shape index (κ2) is 7.10. The molecule has 0 saturated carbocycles. The van der Waals surface area contributed by atoms with Crippen molar-refractivity contribution in [3.05, 3.63) is 69.6 Å². The Hall–Kier alpha value is -3.26. The second-order valence-electron chi connectivity index (χ2n) is 5.20. The second-order valence-corrected chi connectivity index (χ2v) is 6.06. The molecule has 2 N–H and O–H groups in total. The zero-order chi connectivity index (χ0) is 17.8. The fourth-order valence-electron chi connectivity index (χ4n) is 2.11. The number of nitrogens with zero attached hydrogens (tertiary/aromatic N) is 3. The van der Waals surface area contributed by atoms with Gasteiger partial charge in [-0.2, -0.15) is 5.10 Å². The van der Waals surface area contributed by atoms with Crippen molar-refractivity contribution in [2.24, 2.45) is 5.10 Å². The van der Waals surface area contributed by atoms with Gasteiger partial charge in [0, 0.05) is 23.1 Å². The Labute approximate surface area is 147 Å². The average molecular weight is 354 g/mol. The topological polar surface area (TPSA) is 101 Å². The molecule has 0 saturated heterocycles. The van der Waals surface area contributed by atoms with Gasteiger partial charge in [-0.3, -0.25) is 15.5 Å². The third-order valence-electron chi connectivity index (χ3n) is 3.48. The van der Waals surface area contributed by atoms with E-state index in [1.165, 1.54) is 23.5 Å². The molecule has 0 amide bonds. The van der Waals surface area contributed by atoms with Crippen LogP contribution >= 0.6 is 11.3 Å². The number of nitro benzene ring substituents is 1. The third-order valence-corrected chi connectivity index (χ3v) is 4.23. The van der Waals surface area contributed by atoms with Crippen molar-refractivity contribution in [3.63, 3.8) is 0 Å². The van der Waals surface area contributed by atoms with Crippen LogP contribution in [0, 0.1) is 10.1 Å². The minimum Gasteiger partial charge on any atom is -0.508 e. The van der Waals surface area contributed by atoms with E-state index >= 15 is 0 Å². The number of hydrogen-bond acceptors (Lipinski definition) is 7. The van der Waals surface area contributed by atoms with Crippen LogP contribution in [-0.2, 0) is 0 Å². The lowest BCUT2D eigenvalue weighted by Gasteiger charge is -2.01. The number of aromatic hydroxyl groups is 1. The van der Waals surface area contributed by atoms with Crippen LogP contribution in [0.5, 0.6) is 5.75 Å². The highest BCUT2D eigenvalue weighted by atomic mass is 32.1. The Kier molecular flexibility index (Phi) is 4.71. The number of anilines is 1. The summed E-state index contributed by atoms with van der Waals surface area (Å²) in [4.78, 5) is 14.7. The molecule has 25 heavy (non-hydrogen) atoms. The molecule has 1 heterocycles. The van der Waals surface area contributed by atoms with Crippen LogP contribution in [0.2, 0.25) is 0 Å². The number of non-ortho nitro benzene ring substituents is 1. The number of aromatic nitrogens is 1. The number of rotatable bonds is 5. The molecule has 0 atom stereocenters. The summed E-state index contributed by atoms with van der Waals surface area (Å²) in [5, 5.41) is 26.7. The summed E-state index contributed by atoms with van der Waals surface area (Å²) < 4.78 is 0. The first-order chi connectivity index (χ1) is 12.0. The van der Waals surface area contributed by atoms with Crippen molar-refractivity contribution in [3.8, 4) is 17.0 Å². The number of benzene rings is 2. The number of nitrogens with one attached hydrogen (secondary N) is 1. The van der Waals surface area contributed by atoms with Crippen LogP contribution in [0.25, 0.3) is 11.3 Å². The van der Waals surface area contributed by atoms with E-state index in [2.05, 4.69) is 15.5 Å². The maximum absolute atomic E-state index is 10.7. The lowest BCUT2D eigenvalue weighted by atomic mass is 10.1. The molecule has 3 aromatic rings. The van der Waals surface area contributed by atoms with Crippen LogP contribution in [0.3, 0.4) is 0 Å². The minimum atomic E-state index is -0.432. The molecule has 0 spiro atoms. The van der Waals surface area contributed by atoms with Crippen LogP contribution in [0.15, 0.2) is 59.0 Å². The first-order valence-electron chi connectivity index (χ1n) is 7.33. The minimum absolute atomic E-state index is 0.0476. The molecule has 0 radical (unpaired) electrons. The highest BCUT2D eigenvalue weighted by molar-refractivity contribution is 7.14. The average Bonchev–Trinajstić information content (AvgIpc) is 3.09. The van der Waals surface area contributed by atoms with Crippen molar-refractivity contribution in [2.75, 3.05) is 5.43 Å². The molecule has 0 aliphatic heterocycles. The quantitative estimate of drug-likeness (QED) is 0.405. The molecule has 0 unspecified atom stereocenters. The maximum atomic E-state index is 10.7. The van der Waals surface area contributed by atoms with E-state index in [1.807, 2.05) is 12.3 Å². The number of thiazole rings is 1. The van der Waals surface area contributed by atoms with Gasteiger partial charge in [0.05, 0.1) is 16.3 Å². The smallest absolute Gasteiger partial charge is 0.269 e. The molecule has 2 aromatic carbocycles. The fraction of sp³-hybridized carbons (Fsp3) is 0.0588. The molecule has 0 bridgehead atoms. The summed E-state index contributed by atoms with van der Waals surface area (Å²) in [5.74, 6) is 0.206. The molecule has 0 aliphatic rings. The predicted molar refractivity (Wildman–Crippen MR) is 98.1 cm³/mol. The fourth-order valence-corrected chi connectivity index (χ4v) is 2.77. The molecule has 7 nitrogen and oxygen atoms in total. The lowest BCUT2D eigenvalue weighted by Crippen LogP contribution is -1.99. The largest absolute Gasteiger partial charge is 0.508 e. The van der Waals surface area contributed by atoms with Crippen molar-refractivity contribution in [1.82, 2.24) is 4.98 Å². The van der Waals surface area contributed by atoms with E-state index in [1.54, 1.807) is 36.4 Å². The zero-order valence-electron chi connectivity index (χ0n) is 13.2. The molecule has 1 aromatic heterocycles. The van der Waals surface area contributed by atoms with E-state index in [4.69, 9.17) is 0 Å². The summed E-state index contributed by atoms with van der Waals surface area (Å²) in [5.41, 5.74) is 6.11. The molecule has 8 heteroatoms. The number of nitro groups is 1. The van der Waals surface area contributed by atoms with Gasteiger partial charge in [0.1, 0.15) is 5.75 Å². The predicted octanol–water partition coefficient (Wildman–Crippen LogP) is 4.26. The number of hydrazone groups is 1. The monoisotopic (exact) mass is 354 g/mol. The van der Waals surface area contributed by atoms with Crippen molar-refractivity contribution < 1.29 is 10.0 Å². The number of hydrogen-bond donors (Lipinski definition) is 2. The summed E-state index contributed by atoms with van der Waals surface area (Å²) in [6, 6.07) is 13.0. The molecule has 0 aliphatic carbocycles. The Morgan fingerprint density at radius 1 is 1.20 bits per heavy atom. The zero-order valence-corrected chi connectivity index (χ0v) is 14.0. The van der Waals surface area contributed by atoms with Gasteiger partial charge >= 0.3 is 0 Å². The summed E-state index contributed by atoms with van der Waals surface area (Å²) in [7, 11) is 0. The van der Waals surface area contributed by atoms with Gasteiger partial charge in [0.25, 0.3) is 5.69 Å². The molecular formula is C17H14N4O3S. The van der Waals surface area contributed by atoms with E-state index in [0.717, 1.165) is 22.5 Å². The Bertz CT molecular complexity index is 918. The molecule has 3 rings (SSSR count). The van der Waals surface area contributed by atoms with Gasteiger partial charge < -0.3 is 5.11 Å². The Morgan fingerprint density at radius 2 is 1.88 bits per heavy atom. The third kappa shape index (κ3) is 3.99. The SMILES string of the molecule is CC(=NNc1nc(-c2ccc([N+](=O)[O-])cc2)cs1)c1ccc(O)cc1.